The van der Waals surface area contributed by atoms with Crippen LogP contribution in [-0.2, 0) is 11.3 Å². The number of carbonyl (C=O) groups excluding carboxylic acids is 1. The van der Waals surface area contributed by atoms with E-state index in [2.05, 4.69) is 16.2 Å². The van der Waals surface area contributed by atoms with Crippen molar-refractivity contribution in [3.05, 3.63) is 69.2 Å². The van der Waals surface area contributed by atoms with Gasteiger partial charge in [-0.3, -0.25) is 4.79 Å². The number of carbonyl (C=O) groups is 1. The first-order valence-electron chi connectivity index (χ1n) is 9.38. The van der Waals surface area contributed by atoms with Gasteiger partial charge in [-0.2, -0.15) is 4.99 Å². The molecule has 2 heterocycles. The molecule has 2 aromatic heterocycles. The van der Waals surface area contributed by atoms with Gasteiger partial charge < -0.3 is 13.8 Å². The zero-order chi connectivity index (χ0) is 21.3. The molecule has 0 aliphatic heterocycles. The molecular weight excluding hydrogens is 422 g/mol. The predicted molar refractivity (Wildman–Crippen MR) is 118 cm³/mol. The lowest BCUT2D eigenvalue weighted by Gasteiger charge is -2.05. The summed E-state index contributed by atoms with van der Waals surface area (Å²) in [6, 6.07) is 13.4. The van der Waals surface area contributed by atoms with Crippen LogP contribution in [0.1, 0.15) is 21.7 Å². The number of halogens is 1. The topological polar surface area (TPSA) is 69.6 Å². The Balaban J connectivity index is 1.86. The van der Waals surface area contributed by atoms with Crippen LogP contribution in [0.3, 0.4) is 0 Å². The number of amides is 1. The number of hydrogen-bond acceptors (Lipinski definition) is 5. The Bertz CT molecular complexity index is 1300. The summed E-state index contributed by atoms with van der Waals surface area (Å²) in [5, 5.41) is 4.57. The zero-order valence-electron chi connectivity index (χ0n) is 16.8. The number of aromatic nitrogens is 2. The van der Waals surface area contributed by atoms with Gasteiger partial charge in [0.2, 0.25) is 0 Å². The van der Waals surface area contributed by atoms with E-state index in [1.165, 1.54) is 11.3 Å². The van der Waals surface area contributed by atoms with E-state index in [0.717, 1.165) is 15.8 Å². The highest BCUT2D eigenvalue weighted by Gasteiger charge is 2.23. The van der Waals surface area contributed by atoms with Crippen LogP contribution in [0.2, 0.25) is 5.02 Å². The minimum absolute atomic E-state index is 0.315. The number of nitrogens with zero attached hydrogens (tertiary/aromatic N) is 3. The molecule has 30 heavy (non-hydrogen) atoms. The average molecular weight is 442 g/mol. The van der Waals surface area contributed by atoms with Crippen LogP contribution in [0.4, 0.5) is 0 Å². The molecule has 154 valence electrons. The minimum Gasteiger partial charge on any atom is -0.383 e. The fraction of sp³-hybridized carbons (Fsp3) is 0.227. The highest BCUT2D eigenvalue weighted by Crippen LogP contribution is 2.31. The first-order chi connectivity index (χ1) is 14.5. The Kier molecular flexibility index (Phi) is 5.85. The van der Waals surface area contributed by atoms with E-state index in [1.807, 2.05) is 35.8 Å². The number of fused-ring (bicyclic) bond motifs is 1. The van der Waals surface area contributed by atoms with Crippen molar-refractivity contribution < 1.29 is 14.1 Å². The van der Waals surface area contributed by atoms with Gasteiger partial charge in [-0.25, -0.2) is 0 Å². The van der Waals surface area contributed by atoms with Crippen LogP contribution in [0.5, 0.6) is 0 Å². The Morgan fingerprint density at radius 3 is 2.83 bits per heavy atom. The smallest absolute Gasteiger partial charge is 0.285 e. The van der Waals surface area contributed by atoms with Gasteiger partial charge >= 0.3 is 0 Å². The highest BCUT2D eigenvalue weighted by atomic mass is 35.5. The number of hydrogen-bond donors (Lipinski definition) is 0. The van der Waals surface area contributed by atoms with E-state index in [0.29, 0.717) is 45.6 Å². The van der Waals surface area contributed by atoms with Gasteiger partial charge in [-0.1, -0.05) is 52.4 Å². The third-order valence-corrected chi connectivity index (χ3v) is 6.13. The molecule has 0 bridgehead atoms. The van der Waals surface area contributed by atoms with Crippen LogP contribution < -0.4 is 4.80 Å². The number of ether oxygens (including phenoxy) is 1. The van der Waals surface area contributed by atoms with E-state index in [-0.39, 0.29) is 0 Å². The average Bonchev–Trinajstić information content (AvgIpc) is 3.26. The lowest BCUT2D eigenvalue weighted by molar-refractivity contribution is 0.0996. The van der Waals surface area contributed by atoms with Gasteiger partial charge in [-0.05, 0) is 37.6 Å². The standard InChI is InChI=1S/C22H20ClN3O3S/c1-13-8-9-17-18(12-13)30-22(26(17)10-11-28-3)24-21(27)19-14(2)29-25-20(19)15-6-4-5-7-16(15)23/h4-9,12H,10-11H2,1-3H3. The second kappa shape index (κ2) is 8.55. The van der Waals surface area contributed by atoms with E-state index < -0.39 is 5.91 Å². The molecule has 0 spiro atoms. The van der Waals surface area contributed by atoms with Crippen molar-refractivity contribution in [2.45, 2.75) is 20.4 Å². The molecule has 0 saturated carbocycles. The Morgan fingerprint density at radius 2 is 2.07 bits per heavy atom. The van der Waals surface area contributed by atoms with Gasteiger partial charge in [0.15, 0.2) is 4.80 Å². The van der Waals surface area contributed by atoms with Crippen molar-refractivity contribution in [1.29, 1.82) is 0 Å². The Morgan fingerprint density at radius 1 is 1.27 bits per heavy atom. The quantitative estimate of drug-likeness (QED) is 0.436. The summed E-state index contributed by atoms with van der Waals surface area (Å²) in [5.41, 5.74) is 3.51. The second-order valence-corrected chi connectivity index (χ2v) is 8.28. The van der Waals surface area contributed by atoms with Crippen LogP contribution in [-0.4, -0.2) is 29.3 Å². The maximum absolute atomic E-state index is 13.2. The summed E-state index contributed by atoms with van der Waals surface area (Å²) in [6.07, 6.45) is 0. The molecule has 0 aliphatic rings. The zero-order valence-corrected chi connectivity index (χ0v) is 18.4. The van der Waals surface area contributed by atoms with Crippen molar-refractivity contribution in [2.75, 3.05) is 13.7 Å². The summed E-state index contributed by atoms with van der Waals surface area (Å²) in [6.45, 7) is 4.84. The number of aryl methyl sites for hydroxylation is 2. The first-order valence-corrected chi connectivity index (χ1v) is 10.6. The van der Waals surface area contributed by atoms with E-state index in [1.54, 1.807) is 26.2 Å². The van der Waals surface area contributed by atoms with Gasteiger partial charge in [-0.15, -0.1) is 0 Å². The number of benzene rings is 2. The largest absolute Gasteiger partial charge is 0.383 e. The van der Waals surface area contributed by atoms with Crippen molar-refractivity contribution in [3.63, 3.8) is 0 Å². The number of thiazole rings is 1. The third kappa shape index (κ3) is 3.84. The third-order valence-electron chi connectivity index (χ3n) is 4.76. The van der Waals surface area contributed by atoms with Gasteiger partial charge in [0.05, 0.1) is 21.8 Å². The summed E-state index contributed by atoms with van der Waals surface area (Å²) < 4.78 is 13.6. The lowest BCUT2D eigenvalue weighted by atomic mass is 10.1. The summed E-state index contributed by atoms with van der Waals surface area (Å²) >= 11 is 7.78. The fourth-order valence-electron chi connectivity index (χ4n) is 3.27. The van der Waals surface area contributed by atoms with Crippen LogP contribution in [0, 0.1) is 13.8 Å². The van der Waals surface area contributed by atoms with Gasteiger partial charge in [0.25, 0.3) is 5.91 Å². The van der Waals surface area contributed by atoms with Gasteiger partial charge in [0, 0.05) is 19.2 Å². The summed E-state index contributed by atoms with van der Waals surface area (Å²) in [5.74, 6) is -0.0165. The lowest BCUT2D eigenvalue weighted by Crippen LogP contribution is -2.19. The molecule has 4 aromatic rings. The van der Waals surface area contributed by atoms with Gasteiger partial charge in [0.1, 0.15) is 17.0 Å². The Hall–Kier alpha value is -2.74. The van der Waals surface area contributed by atoms with Crippen molar-refractivity contribution in [3.8, 4) is 11.3 Å². The maximum atomic E-state index is 13.2. The summed E-state index contributed by atoms with van der Waals surface area (Å²) in [4.78, 5) is 18.3. The van der Waals surface area contributed by atoms with E-state index in [9.17, 15) is 4.79 Å². The number of rotatable bonds is 5. The van der Waals surface area contributed by atoms with Crippen LogP contribution in [0.15, 0.2) is 52.0 Å². The molecule has 0 unspecified atom stereocenters. The SMILES string of the molecule is COCCn1c(=NC(=O)c2c(-c3ccccc3Cl)noc2C)sc2cc(C)ccc21. The molecule has 0 fully saturated rings. The normalized spacial score (nSPS) is 12.1. The molecule has 8 heteroatoms. The highest BCUT2D eigenvalue weighted by molar-refractivity contribution is 7.16. The second-order valence-electron chi connectivity index (χ2n) is 6.86. The predicted octanol–water partition coefficient (Wildman–Crippen LogP) is 5.02. The van der Waals surface area contributed by atoms with Crippen LogP contribution >= 0.6 is 22.9 Å². The van der Waals surface area contributed by atoms with E-state index in [4.69, 9.17) is 20.9 Å². The molecule has 4 rings (SSSR count). The molecular formula is C22H20ClN3O3S. The summed E-state index contributed by atoms with van der Waals surface area (Å²) in [7, 11) is 1.65. The molecule has 6 nitrogen and oxygen atoms in total. The molecule has 1 amide bonds. The first kappa shape index (κ1) is 20.5. The minimum atomic E-state index is -0.418. The molecule has 2 aromatic carbocycles. The number of methoxy groups -OCH3 is 1. The molecule has 0 radical (unpaired) electrons. The monoisotopic (exact) mass is 441 g/mol. The van der Waals surface area contributed by atoms with Crippen molar-refractivity contribution >= 4 is 39.1 Å². The van der Waals surface area contributed by atoms with Crippen molar-refractivity contribution in [2.24, 2.45) is 4.99 Å². The Labute approximate surface area is 182 Å². The maximum Gasteiger partial charge on any atom is 0.285 e. The molecule has 0 N–H and O–H groups in total. The fourth-order valence-corrected chi connectivity index (χ4v) is 4.65. The van der Waals surface area contributed by atoms with Crippen LogP contribution in [0.25, 0.3) is 21.5 Å². The van der Waals surface area contributed by atoms with Crippen molar-refractivity contribution in [1.82, 2.24) is 9.72 Å². The van der Waals surface area contributed by atoms with E-state index >= 15 is 0 Å². The molecule has 0 atom stereocenters. The molecule has 0 saturated heterocycles. The molecule has 0 aliphatic carbocycles.